The smallest absolute Gasteiger partial charge is 0.353 e. The minimum Gasteiger partial charge on any atom is -0.490 e. The van der Waals surface area contributed by atoms with Crippen molar-refractivity contribution in [2.24, 2.45) is 0 Å². The second-order valence-electron chi connectivity index (χ2n) is 4.09. The molecule has 0 saturated heterocycles. The highest BCUT2D eigenvalue weighted by Crippen LogP contribution is 2.35. The molecular formula is C13H13NO5. The lowest BCUT2D eigenvalue weighted by atomic mass is 10.0. The minimum atomic E-state index is -0.597. The van der Waals surface area contributed by atoms with Crippen LogP contribution in [0.15, 0.2) is 27.4 Å². The van der Waals surface area contributed by atoms with Crippen molar-refractivity contribution < 1.29 is 14.1 Å². The molecule has 100 valence electrons. The fourth-order valence-electron chi connectivity index (χ4n) is 2.07. The molecular weight excluding hydrogens is 250 g/mol. The lowest BCUT2D eigenvalue weighted by Gasteiger charge is -2.07. The van der Waals surface area contributed by atoms with Crippen LogP contribution in [0.5, 0.6) is 5.75 Å². The normalized spacial score (nSPS) is 10.6. The van der Waals surface area contributed by atoms with Crippen molar-refractivity contribution in [1.29, 1.82) is 0 Å². The van der Waals surface area contributed by atoms with E-state index in [9.17, 15) is 14.9 Å². The Balaban J connectivity index is 2.88. The highest BCUT2D eigenvalue weighted by atomic mass is 16.6. The SMILES string of the molecule is CCCc1cc(=O)oc2c([N+](=O)[O-])c(OC)ccc12. The average Bonchev–Trinajstić information content (AvgIpc) is 2.37. The van der Waals surface area contributed by atoms with Crippen molar-refractivity contribution in [3.63, 3.8) is 0 Å². The lowest BCUT2D eigenvalue weighted by molar-refractivity contribution is -0.384. The molecule has 2 aromatic rings. The van der Waals surface area contributed by atoms with Crippen LogP contribution in [0.25, 0.3) is 11.0 Å². The van der Waals surface area contributed by atoms with E-state index in [1.807, 2.05) is 6.92 Å². The van der Waals surface area contributed by atoms with Crippen molar-refractivity contribution in [3.05, 3.63) is 44.3 Å². The summed E-state index contributed by atoms with van der Waals surface area (Å²) in [5.74, 6) is 0.0781. The summed E-state index contributed by atoms with van der Waals surface area (Å²) in [6.45, 7) is 1.97. The van der Waals surface area contributed by atoms with Crippen LogP contribution in [0.4, 0.5) is 5.69 Å². The van der Waals surface area contributed by atoms with E-state index < -0.39 is 10.5 Å². The van der Waals surface area contributed by atoms with E-state index in [4.69, 9.17) is 9.15 Å². The van der Waals surface area contributed by atoms with Crippen LogP contribution in [0.2, 0.25) is 0 Å². The van der Waals surface area contributed by atoms with Crippen LogP contribution in [-0.2, 0) is 6.42 Å². The molecule has 0 spiro atoms. The summed E-state index contributed by atoms with van der Waals surface area (Å²) < 4.78 is 9.96. The summed E-state index contributed by atoms with van der Waals surface area (Å²) in [6.07, 6.45) is 1.49. The monoisotopic (exact) mass is 263 g/mol. The Morgan fingerprint density at radius 2 is 2.16 bits per heavy atom. The molecule has 0 radical (unpaired) electrons. The highest BCUT2D eigenvalue weighted by Gasteiger charge is 2.23. The Labute approximate surface area is 108 Å². The third-order valence-electron chi connectivity index (χ3n) is 2.86. The van der Waals surface area contributed by atoms with Gasteiger partial charge >= 0.3 is 11.3 Å². The predicted molar refractivity (Wildman–Crippen MR) is 69.7 cm³/mol. The fraction of sp³-hybridized carbons (Fsp3) is 0.308. The first-order valence-electron chi connectivity index (χ1n) is 5.86. The van der Waals surface area contributed by atoms with E-state index in [1.54, 1.807) is 6.07 Å². The predicted octanol–water partition coefficient (Wildman–Crippen LogP) is 2.66. The highest BCUT2D eigenvalue weighted by molar-refractivity contribution is 5.90. The molecule has 0 N–H and O–H groups in total. The zero-order valence-electron chi connectivity index (χ0n) is 10.6. The second-order valence-corrected chi connectivity index (χ2v) is 4.09. The van der Waals surface area contributed by atoms with E-state index in [0.29, 0.717) is 11.8 Å². The molecule has 0 atom stereocenters. The van der Waals surface area contributed by atoms with Gasteiger partial charge in [0.1, 0.15) is 0 Å². The maximum absolute atomic E-state index is 11.5. The van der Waals surface area contributed by atoms with Crippen LogP contribution >= 0.6 is 0 Å². The first kappa shape index (κ1) is 13.1. The first-order valence-corrected chi connectivity index (χ1v) is 5.86. The number of hydrogen-bond acceptors (Lipinski definition) is 5. The number of fused-ring (bicyclic) bond motifs is 1. The molecule has 1 heterocycles. The topological polar surface area (TPSA) is 82.6 Å². The van der Waals surface area contributed by atoms with Crippen LogP contribution < -0.4 is 10.4 Å². The Bertz CT molecular complexity index is 689. The molecule has 2 rings (SSSR count). The largest absolute Gasteiger partial charge is 0.490 e. The van der Waals surface area contributed by atoms with Crippen LogP contribution in [0, 0.1) is 10.1 Å². The van der Waals surface area contributed by atoms with Gasteiger partial charge in [-0.2, -0.15) is 0 Å². The molecule has 0 saturated carbocycles. The number of benzene rings is 1. The van der Waals surface area contributed by atoms with E-state index in [-0.39, 0.29) is 17.0 Å². The molecule has 0 fully saturated rings. The molecule has 0 aliphatic carbocycles. The molecule has 19 heavy (non-hydrogen) atoms. The fourth-order valence-corrected chi connectivity index (χ4v) is 2.07. The molecule has 0 aliphatic heterocycles. The van der Waals surface area contributed by atoms with Gasteiger partial charge < -0.3 is 9.15 Å². The zero-order valence-corrected chi connectivity index (χ0v) is 10.6. The lowest BCUT2D eigenvalue weighted by Crippen LogP contribution is -2.03. The van der Waals surface area contributed by atoms with Gasteiger partial charge in [-0.15, -0.1) is 0 Å². The van der Waals surface area contributed by atoms with E-state index in [2.05, 4.69) is 0 Å². The van der Waals surface area contributed by atoms with Gasteiger partial charge in [0.25, 0.3) is 0 Å². The number of hydrogen-bond donors (Lipinski definition) is 0. The van der Waals surface area contributed by atoms with E-state index in [1.165, 1.54) is 19.2 Å². The molecule has 0 aliphatic rings. The van der Waals surface area contributed by atoms with Crippen molar-refractivity contribution >= 4 is 16.7 Å². The van der Waals surface area contributed by atoms with Crippen LogP contribution in [0.1, 0.15) is 18.9 Å². The number of nitrogens with zero attached hydrogens (tertiary/aromatic N) is 1. The number of nitro benzene ring substituents is 1. The van der Waals surface area contributed by atoms with Gasteiger partial charge in [0.2, 0.25) is 11.3 Å². The maximum Gasteiger partial charge on any atom is 0.353 e. The van der Waals surface area contributed by atoms with Gasteiger partial charge in [0.05, 0.1) is 12.0 Å². The molecule has 1 aromatic heterocycles. The molecule has 6 heteroatoms. The van der Waals surface area contributed by atoms with Gasteiger partial charge in [-0.3, -0.25) is 10.1 Å². The quantitative estimate of drug-likeness (QED) is 0.481. The summed E-state index contributed by atoms with van der Waals surface area (Å²) in [6, 6.07) is 4.57. The second kappa shape index (κ2) is 5.09. The van der Waals surface area contributed by atoms with Crippen LogP contribution in [0.3, 0.4) is 0 Å². The first-order chi connectivity index (χ1) is 9.08. The summed E-state index contributed by atoms with van der Waals surface area (Å²) in [5.41, 5.74) is -0.179. The maximum atomic E-state index is 11.5. The van der Waals surface area contributed by atoms with Gasteiger partial charge in [0, 0.05) is 11.5 Å². The number of nitro groups is 1. The molecule has 6 nitrogen and oxygen atoms in total. The number of aryl methyl sites for hydroxylation is 1. The van der Waals surface area contributed by atoms with Crippen molar-refractivity contribution in [1.82, 2.24) is 0 Å². The van der Waals surface area contributed by atoms with Crippen molar-refractivity contribution in [2.45, 2.75) is 19.8 Å². The van der Waals surface area contributed by atoms with Crippen molar-refractivity contribution in [3.8, 4) is 5.75 Å². The Morgan fingerprint density at radius 1 is 1.42 bits per heavy atom. The Hall–Kier alpha value is -2.37. The zero-order chi connectivity index (χ0) is 14.0. The third-order valence-corrected chi connectivity index (χ3v) is 2.86. The molecule has 0 bridgehead atoms. The minimum absolute atomic E-state index is 0.0275. The van der Waals surface area contributed by atoms with Gasteiger partial charge in [0.15, 0.2) is 0 Å². The van der Waals surface area contributed by atoms with Gasteiger partial charge in [-0.05, 0) is 24.1 Å². The van der Waals surface area contributed by atoms with Crippen molar-refractivity contribution in [2.75, 3.05) is 7.11 Å². The Kier molecular flexibility index (Phi) is 3.50. The molecule has 0 unspecified atom stereocenters. The number of rotatable bonds is 4. The van der Waals surface area contributed by atoms with E-state index in [0.717, 1.165) is 12.0 Å². The number of methoxy groups -OCH3 is 1. The van der Waals surface area contributed by atoms with E-state index >= 15 is 0 Å². The average molecular weight is 263 g/mol. The van der Waals surface area contributed by atoms with Crippen LogP contribution in [-0.4, -0.2) is 12.0 Å². The van der Waals surface area contributed by atoms with Gasteiger partial charge in [-0.25, -0.2) is 4.79 Å². The van der Waals surface area contributed by atoms with Gasteiger partial charge in [-0.1, -0.05) is 13.3 Å². The third kappa shape index (κ3) is 2.29. The number of ether oxygens (including phenoxy) is 1. The Morgan fingerprint density at radius 3 is 2.74 bits per heavy atom. The standard InChI is InChI=1S/C13H13NO5/c1-3-4-8-7-11(15)19-13-9(8)5-6-10(18-2)12(13)14(16)17/h5-7H,3-4H2,1-2H3. The summed E-state index contributed by atoms with van der Waals surface area (Å²) in [5, 5.41) is 11.7. The molecule has 1 aromatic carbocycles. The summed E-state index contributed by atoms with van der Waals surface area (Å²) in [4.78, 5) is 22.1. The molecule has 0 amide bonds. The summed E-state index contributed by atoms with van der Waals surface area (Å²) in [7, 11) is 1.34. The summed E-state index contributed by atoms with van der Waals surface area (Å²) >= 11 is 0.